The first-order valence-corrected chi connectivity index (χ1v) is 7.83. The molecule has 0 saturated carbocycles. The lowest BCUT2D eigenvalue weighted by Gasteiger charge is -2.08. The number of rotatable bonds is 3. The molecular formula is C16H16ClN3OS. The quantitative estimate of drug-likeness (QED) is 0.774. The van der Waals surface area contributed by atoms with E-state index < -0.39 is 0 Å². The minimum absolute atomic E-state index is 0. The van der Waals surface area contributed by atoms with Crippen LogP contribution in [-0.2, 0) is 12.8 Å². The Hall–Kier alpha value is -1.85. The van der Waals surface area contributed by atoms with E-state index in [1.807, 2.05) is 24.3 Å². The van der Waals surface area contributed by atoms with Gasteiger partial charge in [0.2, 0.25) is 0 Å². The van der Waals surface area contributed by atoms with Gasteiger partial charge in [0.15, 0.2) is 0 Å². The van der Waals surface area contributed by atoms with Crippen LogP contribution >= 0.6 is 23.7 Å². The Balaban J connectivity index is 0.00000144. The second kappa shape index (κ2) is 6.10. The average Bonchev–Trinajstić information content (AvgIpc) is 3.09. The van der Waals surface area contributed by atoms with E-state index in [1.165, 1.54) is 28.7 Å². The Morgan fingerprint density at radius 1 is 1.14 bits per heavy atom. The first kappa shape index (κ1) is 15.1. The molecule has 0 unspecified atom stereocenters. The van der Waals surface area contributed by atoms with Crippen molar-refractivity contribution < 1.29 is 4.74 Å². The third kappa shape index (κ3) is 2.51. The number of benzene rings is 1. The lowest BCUT2D eigenvalue weighted by atomic mass is 10.2. The molecule has 114 valence electrons. The zero-order valence-electron chi connectivity index (χ0n) is 12.1. The Morgan fingerprint density at radius 3 is 2.73 bits per heavy atom. The summed E-state index contributed by atoms with van der Waals surface area (Å²) in [5, 5.41) is 4.61. The molecule has 4 nitrogen and oxygen atoms in total. The van der Waals surface area contributed by atoms with E-state index in [1.54, 1.807) is 24.8 Å². The van der Waals surface area contributed by atoms with Crippen molar-refractivity contribution in [3.63, 3.8) is 0 Å². The molecule has 2 heterocycles. The van der Waals surface area contributed by atoms with Crippen molar-refractivity contribution >= 4 is 45.5 Å². The predicted molar refractivity (Wildman–Crippen MR) is 93.0 cm³/mol. The van der Waals surface area contributed by atoms with E-state index in [4.69, 9.17) is 4.74 Å². The SMILES string of the molecule is COc1ccc(Nc2ncnc3sc4c(c23)CCC4)cc1.Cl. The summed E-state index contributed by atoms with van der Waals surface area (Å²) in [5.74, 6) is 1.76. The maximum Gasteiger partial charge on any atom is 0.142 e. The van der Waals surface area contributed by atoms with E-state index in [0.717, 1.165) is 28.5 Å². The molecule has 0 radical (unpaired) electrons. The first-order valence-electron chi connectivity index (χ1n) is 7.01. The molecule has 0 bridgehead atoms. The molecule has 0 fully saturated rings. The molecule has 0 spiro atoms. The summed E-state index contributed by atoms with van der Waals surface area (Å²) in [6.07, 6.45) is 5.20. The van der Waals surface area contributed by atoms with Crippen LogP contribution in [0.1, 0.15) is 16.9 Å². The zero-order valence-corrected chi connectivity index (χ0v) is 13.8. The summed E-state index contributed by atoms with van der Waals surface area (Å²) in [6.45, 7) is 0. The van der Waals surface area contributed by atoms with Gasteiger partial charge in [-0.25, -0.2) is 9.97 Å². The lowest BCUT2D eigenvalue weighted by molar-refractivity contribution is 0.415. The van der Waals surface area contributed by atoms with Crippen molar-refractivity contribution in [2.45, 2.75) is 19.3 Å². The van der Waals surface area contributed by atoms with Crippen LogP contribution in [0.4, 0.5) is 11.5 Å². The van der Waals surface area contributed by atoms with Crippen LogP contribution in [0.5, 0.6) is 5.75 Å². The van der Waals surface area contributed by atoms with Gasteiger partial charge < -0.3 is 10.1 Å². The number of hydrogen-bond donors (Lipinski definition) is 1. The largest absolute Gasteiger partial charge is 0.497 e. The molecule has 0 aliphatic heterocycles. The van der Waals surface area contributed by atoms with Crippen LogP contribution in [-0.4, -0.2) is 17.1 Å². The summed E-state index contributed by atoms with van der Waals surface area (Å²) in [5.41, 5.74) is 2.44. The van der Waals surface area contributed by atoms with Gasteiger partial charge in [-0.1, -0.05) is 0 Å². The van der Waals surface area contributed by atoms with Gasteiger partial charge in [0.25, 0.3) is 0 Å². The van der Waals surface area contributed by atoms with Gasteiger partial charge in [-0.15, -0.1) is 23.7 Å². The van der Waals surface area contributed by atoms with Crippen LogP contribution in [0, 0.1) is 0 Å². The number of aromatic nitrogens is 2. The number of methoxy groups -OCH3 is 1. The summed E-state index contributed by atoms with van der Waals surface area (Å²) in [6, 6.07) is 7.89. The van der Waals surface area contributed by atoms with Gasteiger partial charge >= 0.3 is 0 Å². The number of fused-ring (bicyclic) bond motifs is 3. The van der Waals surface area contributed by atoms with Crippen molar-refractivity contribution in [3.05, 3.63) is 41.0 Å². The standard InChI is InChI=1S/C16H15N3OS.ClH/c1-20-11-7-5-10(6-8-11)19-15-14-12-3-2-4-13(12)21-16(14)18-9-17-15;/h5-9H,2-4H2,1H3,(H,17,18,19);1H. The summed E-state index contributed by atoms with van der Waals surface area (Å²) < 4.78 is 5.19. The summed E-state index contributed by atoms with van der Waals surface area (Å²) >= 11 is 1.81. The topological polar surface area (TPSA) is 47.0 Å². The second-order valence-electron chi connectivity index (χ2n) is 5.11. The van der Waals surface area contributed by atoms with Gasteiger partial charge in [-0.05, 0) is 49.1 Å². The highest BCUT2D eigenvalue weighted by atomic mass is 35.5. The van der Waals surface area contributed by atoms with Crippen molar-refractivity contribution in [2.24, 2.45) is 0 Å². The molecular weight excluding hydrogens is 318 g/mol. The number of nitrogens with one attached hydrogen (secondary N) is 1. The molecule has 3 aromatic rings. The van der Waals surface area contributed by atoms with Gasteiger partial charge in [-0.3, -0.25) is 0 Å². The maximum atomic E-state index is 5.19. The van der Waals surface area contributed by atoms with Gasteiger partial charge in [-0.2, -0.15) is 0 Å². The molecule has 1 aliphatic rings. The summed E-state index contributed by atoms with van der Waals surface area (Å²) in [4.78, 5) is 11.4. The lowest BCUT2D eigenvalue weighted by Crippen LogP contribution is -1.96. The van der Waals surface area contributed by atoms with Crippen LogP contribution in [0.15, 0.2) is 30.6 Å². The Labute approximate surface area is 139 Å². The number of halogens is 1. The van der Waals surface area contributed by atoms with Gasteiger partial charge in [0, 0.05) is 10.6 Å². The fourth-order valence-electron chi connectivity index (χ4n) is 2.83. The van der Waals surface area contributed by atoms with Gasteiger partial charge in [0.1, 0.15) is 22.7 Å². The molecule has 1 N–H and O–H groups in total. The third-order valence-corrected chi connectivity index (χ3v) is 5.05. The predicted octanol–water partition coefficient (Wildman–Crippen LogP) is 4.35. The highest BCUT2D eigenvalue weighted by molar-refractivity contribution is 7.19. The number of hydrogen-bond acceptors (Lipinski definition) is 5. The average molecular weight is 334 g/mol. The molecule has 6 heteroatoms. The first-order chi connectivity index (χ1) is 10.3. The van der Waals surface area contributed by atoms with E-state index in [-0.39, 0.29) is 12.4 Å². The third-order valence-electron chi connectivity index (χ3n) is 3.85. The second-order valence-corrected chi connectivity index (χ2v) is 6.20. The molecule has 2 aromatic heterocycles. The van der Waals surface area contributed by atoms with Crippen molar-refractivity contribution in [1.29, 1.82) is 0 Å². The van der Waals surface area contributed by atoms with Crippen molar-refractivity contribution in [3.8, 4) is 5.75 Å². The molecule has 1 aliphatic carbocycles. The van der Waals surface area contributed by atoms with E-state index in [2.05, 4.69) is 15.3 Å². The minimum atomic E-state index is 0. The number of ether oxygens (including phenoxy) is 1. The minimum Gasteiger partial charge on any atom is -0.497 e. The van der Waals surface area contributed by atoms with Crippen LogP contribution < -0.4 is 10.1 Å². The number of anilines is 2. The molecule has 1 aromatic carbocycles. The Morgan fingerprint density at radius 2 is 1.95 bits per heavy atom. The zero-order chi connectivity index (χ0) is 14.2. The van der Waals surface area contributed by atoms with E-state index in [9.17, 15) is 0 Å². The van der Waals surface area contributed by atoms with E-state index in [0.29, 0.717) is 0 Å². The van der Waals surface area contributed by atoms with Gasteiger partial charge in [0.05, 0.1) is 12.5 Å². The maximum absolute atomic E-state index is 5.19. The Kier molecular flexibility index (Phi) is 4.18. The Bertz CT molecular complexity index is 801. The highest BCUT2D eigenvalue weighted by Crippen LogP contribution is 2.39. The smallest absolute Gasteiger partial charge is 0.142 e. The van der Waals surface area contributed by atoms with Crippen molar-refractivity contribution in [2.75, 3.05) is 12.4 Å². The molecule has 0 saturated heterocycles. The molecule has 4 rings (SSSR count). The normalized spacial score (nSPS) is 12.8. The summed E-state index contributed by atoms with van der Waals surface area (Å²) in [7, 11) is 1.67. The fraction of sp³-hybridized carbons (Fsp3) is 0.250. The van der Waals surface area contributed by atoms with Crippen molar-refractivity contribution in [1.82, 2.24) is 9.97 Å². The number of thiophene rings is 1. The molecule has 0 amide bonds. The monoisotopic (exact) mass is 333 g/mol. The molecule has 0 atom stereocenters. The molecule has 22 heavy (non-hydrogen) atoms. The van der Waals surface area contributed by atoms with Crippen LogP contribution in [0.25, 0.3) is 10.2 Å². The van der Waals surface area contributed by atoms with Crippen LogP contribution in [0.2, 0.25) is 0 Å². The highest BCUT2D eigenvalue weighted by Gasteiger charge is 2.21. The number of aryl methyl sites for hydroxylation is 2. The van der Waals surface area contributed by atoms with E-state index >= 15 is 0 Å². The number of nitrogens with zero attached hydrogens (tertiary/aromatic N) is 2. The fourth-order valence-corrected chi connectivity index (χ4v) is 4.06. The van der Waals surface area contributed by atoms with Crippen LogP contribution in [0.3, 0.4) is 0 Å².